The van der Waals surface area contributed by atoms with Crippen LogP contribution in [0.15, 0.2) is 0 Å². The number of hydrogen-bond acceptors (Lipinski definition) is 1. The van der Waals surface area contributed by atoms with Gasteiger partial charge in [0.15, 0.2) is 0 Å². The molecule has 0 saturated carbocycles. The van der Waals surface area contributed by atoms with Crippen LogP contribution in [0.5, 0.6) is 0 Å². The van der Waals surface area contributed by atoms with Gasteiger partial charge in [0.1, 0.15) is 0 Å². The van der Waals surface area contributed by atoms with E-state index in [1.54, 1.807) is 0 Å². The second kappa shape index (κ2) is 9.06. The van der Waals surface area contributed by atoms with Crippen LogP contribution in [-0.4, -0.2) is 30.7 Å². The summed E-state index contributed by atoms with van der Waals surface area (Å²) in [5, 5.41) is 0. The van der Waals surface area contributed by atoms with Crippen molar-refractivity contribution in [1.82, 2.24) is 0 Å². The van der Waals surface area contributed by atoms with Crippen LogP contribution < -0.4 is 0 Å². The third kappa shape index (κ3) is 12.6. The predicted octanol–water partition coefficient (Wildman–Crippen LogP) is -0.463. The maximum Gasteiger partial charge on any atom is 0.491 e. The fourth-order valence-corrected chi connectivity index (χ4v) is 0. The second-order valence-electron chi connectivity index (χ2n) is 0.0913. The van der Waals surface area contributed by atoms with Gasteiger partial charge < -0.3 is 0 Å². The van der Waals surface area contributed by atoms with Crippen LogP contribution in [-0.2, 0) is 4.57 Å². The first-order chi connectivity index (χ1) is 1.41. The molecular formula is H2InO2P+. The topological polar surface area (TPSA) is 37.3 Å². The first-order valence-corrected chi connectivity index (χ1v) is 1.28. The van der Waals surface area contributed by atoms with Gasteiger partial charge in [0.05, 0.1) is 0 Å². The molecule has 0 rings (SSSR count). The van der Waals surface area contributed by atoms with Crippen LogP contribution in [0.3, 0.4) is 0 Å². The summed E-state index contributed by atoms with van der Waals surface area (Å²) >= 11 is 0. The average Bonchev–Trinajstić information content (AvgIpc) is 0.918. The molecule has 0 spiro atoms. The largest absolute Gasteiger partial charge is 0.491 e. The van der Waals surface area contributed by atoms with E-state index in [9.17, 15) is 0 Å². The van der Waals surface area contributed by atoms with E-state index in [1.165, 1.54) is 0 Å². The Labute approximate surface area is 44.3 Å². The molecular weight excluding hydrogens is 178 g/mol. The quantitative estimate of drug-likeness (QED) is 0.511. The van der Waals surface area contributed by atoms with E-state index in [0.717, 1.165) is 0 Å². The third-order valence-electron chi connectivity index (χ3n) is 0. The molecule has 0 amide bonds. The Morgan fingerprint density at radius 2 is 1.75 bits per heavy atom. The van der Waals surface area contributed by atoms with Gasteiger partial charge in [-0.3, -0.25) is 0 Å². The van der Waals surface area contributed by atoms with E-state index in [0.29, 0.717) is 0 Å². The fourth-order valence-electron chi connectivity index (χ4n) is 0. The van der Waals surface area contributed by atoms with E-state index in [4.69, 9.17) is 9.46 Å². The summed E-state index contributed by atoms with van der Waals surface area (Å²) in [6.45, 7) is 0. The molecule has 3 radical (unpaired) electrons. The first kappa shape index (κ1) is 8.87. The molecule has 21 valence electrons. The summed E-state index contributed by atoms with van der Waals surface area (Å²) in [5.41, 5.74) is 0. The smallest absolute Gasteiger partial charge is 0.162 e. The van der Waals surface area contributed by atoms with Crippen molar-refractivity contribution in [1.29, 1.82) is 0 Å². The molecule has 0 aliphatic carbocycles. The molecule has 1 unspecified atom stereocenters. The van der Waals surface area contributed by atoms with E-state index >= 15 is 0 Å². The molecule has 4 heteroatoms. The minimum absolute atomic E-state index is 0. The molecule has 0 saturated heterocycles. The van der Waals surface area contributed by atoms with E-state index in [1.807, 2.05) is 0 Å². The van der Waals surface area contributed by atoms with Crippen molar-refractivity contribution in [3.05, 3.63) is 0 Å². The van der Waals surface area contributed by atoms with Crippen molar-refractivity contribution >= 4 is 34.5 Å². The molecule has 0 heterocycles. The minimum atomic E-state index is -1.17. The molecule has 0 aliphatic heterocycles. The zero-order valence-electron chi connectivity index (χ0n) is 1.93. The van der Waals surface area contributed by atoms with Crippen LogP contribution >= 0.6 is 8.69 Å². The molecule has 1 N–H and O–H groups in total. The van der Waals surface area contributed by atoms with Gasteiger partial charge in [-0.1, -0.05) is 0 Å². The van der Waals surface area contributed by atoms with Crippen LogP contribution in [0.25, 0.3) is 0 Å². The van der Waals surface area contributed by atoms with Gasteiger partial charge >= 0.3 is 8.69 Å². The van der Waals surface area contributed by atoms with Crippen molar-refractivity contribution in [3.8, 4) is 0 Å². The van der Waals surface area contributed by atoms with E-state index < -0.39 is 8.69 Å². The van der Waals surface area contributed by atoms with Crippen molar-refractivity contribution in [3.63, 3.8) is 0 Å². The zero-order chi connectivity index (χ0) is 2.71. The zero-order valence-corrected chi connectivity index (χ0v) is 6.23. The SMILES string of the molecule is O=[PH+]O.[In]. The van der Waals surface area contributed by atoms with Crippen LogP contribution in [0.2, 0.25) is 0 Å². The number of rotatable bonds is 0. The Bertz CT molecular complexity index is 13.5. The summed E-state index contributed by atoms with van der Waals surface area (Å²) in [6, 6.07) is 0. The summed E-state index contributed by atoms with van der Waals surface area (Å²) in [7, 11) is -1.17. The van der Waals surface area contributed by atoms with Crippen LogP contribution in [0.1, 0.15) is 0 Å². The summed E-state index contributed by atoms with van der Waals surface area (Å²) < 4.78 is 8.51. The van der Waals surface area contributed by atoms with Crippen LogP contribution in [0.4, 0.5) is 0 Å². The second-order valence-corrected chi connectivity index (χ2v) is 0.274. The van der Waals surface area contributed by atoms with Gasteiger partial charge in [0.25, 0.3) is 0 Å². The van der Waals surface area contributed by atoms with Gasteiger partial charge in [0, 0.05) is 25.8 Å². The Morgan fingerprint density at radius 3 is 1.75 bits per heavy atom. The third-order valence-corrected chi connectivity index (χ3v) is 0. The number of hydrogen-bond donors (Lipinski definition) is 1. The summed E-state index contributed by atoms with van der Waals surface area (Å²) in [5.74, 6) is 0. The molecule has 0 aromatic rings. The Hall–Kier alpha value is 0.930. The van der Waals surface area contributed by atoms with E-state index in [-0.39, 0.29) is 25.8 Å². The molecule has 0 aromatic carbocycles. The monoisotopic (exact) mass is 180 g/mol. The standard InChI is InChI=1S/In.HO2P/c;1-3-2/h;3H/p+1. The molecule has 0 aromatic heterocycles. The van der Waals surface area contributed by atoms with Crippen molar-refractivity contribution in [2.75, 3.05) is 0 Å². The van der Waals surface area contributed by atoms with Crippen molar-refractivity contribution in [2.24, 2.45) is 0 Å². The molecule has 1 atom stereocenters. The van der Waals surface area contributed by atoms with Gasteiger partial charge in [-0.2, -0.15) is 4.89 Å². The molecule has 2 nitrogen and oxygen atoms in total. The van der Waals surface area contributed by atoms with Crippen LogP contribution in [0, 0.1) is 0 Å². The van der Waals surface area contributed by atoms with Gasteiger partial charge in [-0.05, 0) is 4.57 Å². The minimum Gasteiger partial charge on any atom is -0.162 e. The van der Waals surface area contributed by atoms with Gasteiger partial charge in [-0.25, -0.2) is 0 Å². The van der Waals surface area contributed by atoms with E-state index in [2.05, 4.69) is 0 Å². The Balaban J connectivity index is 0. The van der Waals surface area contributed by atoms with Crippen molar-refractivity contribution in [2.45, 2.75) is 0 Å². The molecule has 4 heavy (non-hydrogen) atoms. The maximum atomic E-state index is 8.51. The molecule has 0 bridgehead atoms. The predicted molar refractivity (Wildman–Crippen MR) is 17.0 cm³/mol. The molecule has 0 fully saturated rings. The Morgan fingerprint density at radius 1 is 1.75 bits per heavy atom. The van der Waals surface area contributed by atoms with Gasteiger partial charge in [0.2, 0.25) is 0 Å². The summed E-state index contributed by atoms with van der Waals surface area (Å²) in [4.78, 5) is 7.04. The van der Waals surface area contributed by atoms with Crippen molar-refractivity contribution < 1.29 is 9.46 Å². The first-order valence-electron chi connectivity index (χ1n) is 0.428. The normalized spacial score (nSPS) is 5.25. The maximum absolute atomic E-state index is 8.51. The fraction of sp³-hybridized carbons (Fsp3) is 0. The molecule has 0 aliphatic rings. The Kier molecular flexibility index (Phi) is 20.1. The average molecular weight is 180 g/mol. The van der Waals surface area contributed by atoms with Gasteiger partial charge in [-0.15, -0.1) is 0 Å². The summed E-state index contributed by atoms with van der Waals surface area (Å²) in [6.07, 6.45) is 0.